The molecule has 0 N–H and O–H groups in total. The van der Waals surface area contributed by atoms with Gasteiger partial charge in [-0.1, -0.05) is 221 Å². The first kappa shape index (κ1) is 62.8. The van der Waals surface area contributed by atoms with Crippen molar-refractivity contribution in [3.05, 3.63) is 97.2 Å². The van der Waals surface area contributed by atoms with Crippen molar-refractivity contribution in [1.29, 1.82) is 0 Å². The molecule has 378 valence electrons. The number of allylic oxidation sites excluding steroid dienone is 16. The maximum absolute atomic E-state index is 12.8. The van der Waals surface area contributed by atoms with E-state index in [4.69, 9.17) is 14.2 Å². The first-order chi connectivity index (χ1) is 32.6. The normalized spacial score (nSPS) is 13.0. The average Bonchev–Trinajstić information content (AvgIpc) is 3.32. The molecule has 0 saturated heterocycles. The Kier molecular flexibility index (Phi) is 53.4. The Balaban J connectivity index is 4.35. The van der Waals surface area contributed by atoms with Crippen LogP contribution in [0.5, 0.6) is 0 Å². The fourth-order valence-corrected chi connectivity index (χ4v) is 7.51. The van der Waals surface area contributed by atoms with Crippen LogP contribution in [-0.2, 0) is 23.8 Å². The van der Waals surface area contributed by atoms with E-state index in [2.05, 4.69) is 118 Å². The van der Waals surface area contributed by atoms with E-state index in [1.165, 1.54) is 122 Å². The number of hydrogen-bond donors (Lipinski definition) is 0. The minimum Gasteiger partial charge on any atom is -0.462 e. The van der Waals surface area contributed by atoms with Crippen LogP contribution in [0.1, 0.15) is 252 Å². The van der Waals surface area contributed by atoms with Crippen LogP contribution < -0.4 is 0 Å². The van der Waals surface area contributed by atoms with E-state index in [0.29, 0.717) is 19.4 Å². The van der Waals surface area contributed by atoms with Crippen LogP contribution in [-0.4, -0.2) is 37.9 Å². The van der Waals surface area contributed by atoms with Gasteiger partial charge < -0.3 is 14.2 Å². The van der Waals surface area contributed by atoms with Gasteiger partial charge >= 0.3 is 11.9 Å². The number of rotatable bonds is 50. The van der Waals surface area contributed by atoms with Crippen molar-refractivity contribution in [2.75, 3.05) is 19.8 Å². The van der Waals surface area contributed by atoms with Crippen LogP contribution in [0, 0.1) is 0 Å². The number of carbonyl (C=O) groups excluding carboxylic acids is 2. The standard InChI is InChI=1S/C61H104O5/c1-4-7-10-13-16-19-22-25-28-30-32-35-38-41-44-47-50-53-56-64-57-59(66-61(63)55-52-49-46-43-40-37-33-27-24-21-18-15-12-9-6-3)58-65-60(62)54-51-48-45-42-39-36-34-31-29-26-23-20-17-14-11-8-5-2/h7,9-10,12,16,18-19,21,25-29,33,40,43,59H,4-6,8,11,13-15,17,20,22-24,30-32,34-39,41-42,44-58H2,1-3H3/b10-7-,12-9-,19-16-,21-18-,28-25-,29-26-,33-27-,43-40-. The molecule has 0 aliphatic rings. The smallest absolute Gasteiger partial charge is 0.306 e. The monoisotopic (exact) mass is 917 g/mol. The molecule has 0 radical (unpaired) electrons. The summed E-state index contributed by atoms with van der Waals surface area (Å²) in [6.07, 6.45) is 75.7. The maximum atomic E-state index is 12.8. The van der Waals surface area contributed by atoms with E-state index in [1.807, 2.05) is 0 Å². The van der Waals surface area contributed by atoms with Gasteiger partial charge in [0.05, 0.1) is 6.61 Å². The van der Waals surface area contributed by atoms with Crippen molar-refractivity contribution in [2.24, 2.45) is 0 Å². The van der Waals surface area contributed by atoms with Crippen molar-refractivity contribution in [2.45, 2.75) is 258 Å². The fourth-order valence-electron chi connectivity index (χ4n) is 7.51. The molecule has 0 aromatic heterocycles. The largest absolute Gasteiger partial charge is 0.462 e. The van der Waals surface area contributed by atoms with Gasteiger partial charge in [-0.15, -0.1) is 0 Å². The summed E-state index contributed by atoms with van der Waals surface area (Å²) in [6.45, 7) is 7.55. The summed E-state index contributed by atoms with van der Waals surface area (Å²) in [5, 5.41) is 0. The molecule has 0 fully saturated rings. The molecule has 0 aromatic carbocycles. The third-order valence-electron chi connectivity index (χ3n) is 11.6. The molecule has 0 aliphatic heterocycles. The highest BCUT2D eigenvalue weighted by Gasteiger charge is 2.17. The van der Waals surface area contributed by atoms with Crippen molar-refractivity contribution in [3.8, 4) is 0 Å². The number of esters is 2. The van der Waals surface area contributed by atoms with Crippen LogP contribution in [0.2, 0.25) is 0 Å². The van der Waals surface area contributed by atoms with Crippen molar-refractivity contribution >= 4 is 11.9 Å². The Morgan fingerprint density at radius 3 is 1.14 bits per heavy atom. The van der Waals surface area contributed by atoms with Gasteiger partial charge in [0.25, 0.3) is 0 Å². The highest BCUT2D eigenvalue weighted by atomic mass is 16.6. The van der Waals surface area contributed by atoms with Crippen LogP contribution in [0.4, 0.5) is 0 Å². The molecule has 0 saturated carbocycles. The summed E-state index contributed by atoms with van der Waals surface area (Å²) in [4.78, 5) is 25.5. The third-order valence-corrected chi connectivity index (χ3v) is 11.6. The molecular formula is C61H104O5. The second-order valence-corrected chi connectivity index (χ2v) is 18.1. The fraction of sp³-hybridized carbons (Fsp3) is 0.705. The molecule has 0 amide bonds. The molecule has 1 unspecified atom stereocenters. The summed E-state index contributed by atoms with van der Waals surface area (Å²) < 4.78 is 17.4. The number of ether oxygens (including phenoxy) is 3. The van der Waals surface area contributed by atoms with Gasteiger partial charge in [-0.2, -0.15) is 0 Å². The van der Waals surface area contributed by atoms with E-state index in [0.717, 1.165) is 96.3 Å². The van der Waals surface area contributed by atoms with Crippen molar-refractivity contribution < 1.29 is 23.8 Å². The molecule has 1 atom stereocenters. The van der Waals surface area contributed by atoms with Crippen molar-refractivity contribution in [3.63, 3.8) is 0 Å². The molecule has 5 nitrogen and oxygen atoms in total. The van der Waals surface area contributed by atoms with Crippen LogP contribution in [0.3, 0.4) is 0 Å². The number of unbranched alkanes of at least 4 members (excludes halogenated alkanes) is 23. The molecule has 0 spiro atoms. The van der Waals surface area contributed by atoms with E-state index in [1.54, 1.807) is 0 Å². The molecular weight excluding hydrogens is 813 g/mol. The Morgan fingerprint density at radius 1 is 0.348 bits per heavy atom. The summed E-state index contributed by atoms with van der Waals surface area (Å²) >= 11 is 0. The van der Waals surface area contributed by atoms with E-state index >= 15 is 0 Å². The van der Waals surface area contributed by atoms with E-state index in [9.17, 15) is 9.59 Å². The zero-order valence-corrected chi connectivity index (χ0v) is 43.4. The van der Waals surface area contributed by atoms with Crippen LogP contribution in [0.15, 0.2) is 97.2 Å². The first-order valence-corrected chi connectivity index (χ1v) is 27.8. The minimum atomic E-state index is -0.569. The number of carbonyl (C=O) groups is 2. The molecule has 0 heterocycles. The van der Waals surface area contributed by atoms with Gasteiger partial charge in [0.15, 0.2) is 6.10 Å². The molecule has 66 heavy (non-hydrogen) atoms. The van der Waals surface area contributed by atoms with Gasteiger partial charge in [-0.3, -0.25) is 9.59 Å². The predicted octanol–water partition coefficient (Wildman–Crippen LogP) is 19.0. The Hall–Kier alpha value is -3.18. The van der Waals surface area contributed by atoms with Crippen molar-refractivity contribution in [1.82, 2.24) is 0 Å². The summed E-state index contributed by atoms with van der Waals surface area (Å²) in [5.41, 5.74) is 0. The Labute approximate surface area is 409 Å². The third kappa shape index (κ3) is 53.4. The molecule has 0 bridgehead atoms. The van der Waals surface area contributed by atoms with E-state index < -0.39 is 6.10 Å². The second-order valence-electron chi connectivity index (χ2n) is 18.1. The lowest BCUT2D eigenvalue weighted by atomic mass is 10.1. The lowest BCUT2D eigenvalue weighted by Gasteiger charge is -2.18. The zero-order chi connectivity index (χ0) is 47.7. The zero-order valence-electron chi connectivity index (χ0n) is 43.4. The summed E-state index contributed by atoms with van der Waals surface area (Å²) in [6, 6.07) is 0. The molecule has 5 heteroatoms. The van der Waals surface area contributed by atoms with Gasteiger partial charge in [-0.05, 0) is 116 Å². The summed E-state index contributed by atoms with van der Waals surface area (Å²) in [5.74, 6) is -0.453. The van der Waals surface area contributed by atoms with Crippen LogP contribution in [0.25, 0.3) is 0 Å². The van der Waals surface area contributed by atoms with E-state index in [-0.39, 0.29) is 25.2 Å². The molecule has 0 aliphatic carbocycles. The average molecular weight is 917 g/mol. The quantitative estimate of drug-likeness (QED) is 0.0346. The molecule has 0 aromatic rings. The highest BCUT2D eigenvalue weighted by Crippen LogP contribution is 2.14. The van der Waals surface area contributed by atoms with Gasteiger partial charge in [0, 0.05) is 19.4 Å². The maximum Gasteiger partial charge on any atom is 0.306 e. The highest BCUT2D eigenvalue weighted by molar-refractivity contribution is 5.70. The van der Waals surface area contributed by atoms with Gasteiger partial charge in [0.2, 0.25) is 0 Å². The minimum absolute atomic E-state index is 0.0592. The van der Waals surface area contributed by atoms with Gasteiger partial charge in [0.1, 0.15) is 6.61 Å². The van der Waals surface area contributed by atoms with Crippen LogP contribution >= 0.6 is 0 Å². The SMILES string of the molecule is CC/C=C\C/C=C\C/C=C\C/C=C\CCCCC(=O)OC(COCCCCCCCCCC/C=C\C/C=C\C/C=C\CC)COC(=O)CCCCCCCCC/C=C\CCCCCCCC. The summed E-state index contributed by atoms with van der Waals surface area (Å²) in [7, 11) is 0. The van der Waals surface area contributed by atoms with Gasteiger partial charge in [-0.25, -0.2) is 0 Å². The molecule has 0 rings (SSSR count). The lowest BCUT2D eigenvalue weighted by molar-refractivity contribution is -0.163. The number of hydrogen-bond acceptors (Lipinski definition) is 5. The second kappa shape index (κ2) is 56.1. The Morgan fingerprint density at radius 2 is 0.682 bits per heavy atom. The topological polar surface area (TPSA) is 61.8 Å². The predicted molar refractivity (Wildman–Crippen MR) is 288 cm³/mol. The Bertz CT molecular complexity index is 1270. The lowest BCUT2D eigenvalue weighted by Crippen LogP contribution is -2.30. The first-order valence-electron chi connectivity index (χ1n) is 27.8.